The zero-order valence-corrected chi connectivity index (χ0v) is 9.75. The molecular weight excluding hydrogens is 208 g/mol. The molecule has 1 aromatic rings. The molecule has 0 bridgehead atoms. The number of hydrogen-bond acceptors (Lipinski definition) is 4. The van der Waals surface area contributed by atoms with Crippen molar-refractivity contribution in [2.75, 3.05) is 36.9 Å². The van der Waals surface area contributed by atoms with Crippen LogP contribution in [0.1, 0.15) is 6.42 Å². The summed E-state index contributed by atoms with van der Waals surface area (Å²) in [5, 5.41) is 4.17. The Morgan fingerprint density at radius 1 is 1.33 bits per heavy atom. The first kappa shape index (κ1) is 10.8. The minimum Gasteiger partial charge on any atom is -0.382 e. The Kier molecular flexibility index (Phi) is 3.91. The summed E-state index contributed by atoms with van der Waals surface area (Å²) in [6, 6.07) is 1.84. The van der Waals surface area contributed by atoms with Gasteiger partial charge in [-0.3, -0.25) is 4.68 Å². The Balaban J connectivity index is 1.65. The molecule has 0 atom stereocenters. The summed E-state index contributed by atoms with van der Waals surface area (Å²) >= 11 is 2.06. The van der Waals surface area contributed by atoms with E-state index in [0.717, 1.165) is 13.0 Å². The van der Waals surface area contributed by atoms with E-state index in [1.807, 2.05) is 16.9 Å². The lowest BCUT2D eigenvalue weighted by molar-refractivity contribution is 0.290. The Bertz CT molecular complexity index is 293. The highest BCUT2D eigenvalue weighted by Gasteiger charge is 2.09. The summed E-state index contributed by atoms with van der Waals surface area (Å²) in [7, 11) is 0. The molecule has 15 heavy (non-hydrogen) atoms. The van der Waals surface area contributed by atoms with Gasteiger partial charge in [-0.1, -0.05) is 0 Å². The van der Waals surface area contributed by atoms with Crippen molar-refractivity contribution in [2.45, 2.75) is 13.0 Å². The number of hydrogen-bond donors (Lipinski definition) is 1. The third-order valence-electron chi connectivity index (χ3n) is 2.63. The summed E-state index contributed by atoms with van der Waals surface area (Å²) in [4.78, 5) is 2.53. The summed E-state index contributed by atoms with van der Waals surface area (Å²) in [6.45, 7) is 4.64. The number of nitrogens with zero attached hydrogens (tertiary/aromatic N) is 3. The molecule has 84 valence electrons. The van der Waals surface area contributed by atoms with Crippen molar-refractivity contribution >= 4 is 17.6 Å². The first-order valence-corrected chi connectivity index (χ1v) is 6.59. The van der Waals surface area contributed by atoms with E-state index in [1.54, 1.807) is 0 Å². The molecule has 5 heteroatoms. The van der Waals surface area contributed by atoms with Crippen molar-refractivity contribution < 1.29 is 0 Å². The summed E-state index contributed by atoms with van der Waals surface area (Å²) in [5.74, 6) is 3.19. The quantitative estimate of drug-likeness (QED) is 0.829. The zero-order valence-electron chi connectivity index (χ0n) is 8.93. The largest absolute Gasteiger partial charge is 0.382 e. The van der Waals surface area contributed by atoms with Gasteiger partial charge in [-0.25, -0.2) is 0 Å². The van der Waals surface area contributed by atoms with Gasteiger partial charge in [-0.2, -0.15) is 16.9 Å². The molecule has 1 aromatic heterocycles. The first-order valence-electron chi connectivity index (χ1n) is 5.43. The molecule has 1 fully saturated rings. The Morgan fingerprint density at radius 3 is 2.80 bits per heavy atom. The number of aromatic nitrogens is 2. The summed E-state index contributed by atoms with van der Waals surface area (Å²) in [5.41, 5.74) is 5.55. The molecule has 2 rings (SSSR count). The van der Waals surface area contributed by atoms with E-state index in [0.29, 0.717) is 5.82 Å². The minimum atomic E-state index is 0.615. The van der Waals surface area contributed by atoms with Crippen LogP contribution in [0.2, 0.25) is 0 Å². The van der Waals surface area contributed by atoms with Crippen LogP contribution in [0.25, 0.3) is 0 Å². The molecule has 0 unspecified atom stereocenters. The van der Waals surface area contributed by atoms with Crippen LogP contribution in [0.3, 0.4) is 0 Å². The van der Waals surface area contributed by atoms with Crippen molar-refractivity contribution in [2.24, 2.45) is 0 Å². The normalized spacial score (nSPS) is 18.1. The fourth-order valence-corrected chi connectivity index (χ4v) is 2.76. The van der Waals surface area contributed by atoms with Crippen LogP contribution in [0.5, 0.6) is 0 Å². The van der Waals surface area contributed by atoms with Gasteiger partial charge < -0.3 is 10.6 Å². The molecule has 4 nitrogen and oxygen atoms in total. The number of nitrogens with two attached hydrogens (primary N) is 1. The highest BCUT2D eigenvalue weighted by Crippen LogP contribution is 2.09. The van der Waals surface area contributed by atoms with Crippen molar-refractivity contribution in [1.29, 1.82) is 0 Å². The van der Waals surface area contributed by atoms with E-state index in [4.69, 9.17) is 5.73 Å². The second-order valence-electron chi connectivity index (χ2n) is 3.81. The van der Waals surface area contributed by atoms with E-state index >= 15 is 0 Å². The van der Waals surface area contributed by atoms with Gasteiger partial charge in [0.2, 0.25) is 0 Å². The maximum Gasteiger partial charge on any atom is 0.145 e. The topological polar surface area (TPSA) is 47.1 Å². The second-order valence-corrected chi connectivity index (χ2v) is 5.04. The molecule has 0 saturated carbocycles. The average molecular weight is 226 g/mol. The van der Waals surface area contributed by atoms with Gasteiger partial charge >= 0.3 is 0 Å². The molecule has 0 amide bonds. The Labute approximate surface area is 94.8 Å². The molecule has 1 saturated heterocycles. The van der Waals surface area contributed by atoms with Crippen LogP contribution in [-0.4, -0.2) is 45.8 Å². The maximum absolute atomic E-state index is 5.55. The number of thioether (sulfide) groups is 1. The number of nitrogen functional groups attached to an aromatic ring is 1. The van der Waals surface area contributed by atoms with Crippen LogP contribution in [0.4, 0.5) is 5.82 Å². The molecule has 0 spiro atoms. The molecule has 0 aromatic carbocycles. The number of aryl methyl sites for hydroxylation is 1. The zero-order chi connectivity index (χ0) is 10.5. The van der Waals surface area contributed by atoms with Gasteiger partial charge in [-0.15, -0.1) is 0 Å². The summed E-state index contributed by atoms with van der Waals surface area (Å²) < 4.78 is 1.92. The lowest BCUT2D eigenvalue weighted by Gasteiger charge is -2.25. The van der Waals surface area contributed by atoms with Crippen LogP contribution >= 0.6 is 11.8 Å². The Morgan fingerprint density at radius 2 is 2.13 bits per heavy atom. The molecule has 2 heterocycles. The predicted molar refractivity (Wildman–Crippen MR) is 65.0 cm³/mol. The summed E-state index contributed by atoms with van der Waals surface area (Å²) in [6.07, 6.45) is 3.10. The van der Waals surface area contributed by atoms with Gasteiger partial charge in [-0.05, 0) is 19.0 Å². The fraction of sp³-hybridized carbons (Fsp3) is 0.700. The van der Waals surface area contributed by atoms with Gasteiger partial charge in [0.25, 0.3) is 0 Å². The van der Waals surface area contributed by atoms with E-state index in [-0.39, 0.29) is 0 Å². The van der Waals surface area contributed by atoms with Crippen molar-refractivity contribution in [3.8, 4) is 0 Å². The van der Waals surface area contributed by atoms with Crippen LogP contribution in [-0.2, 0) is 6.54 Å². The highest BCUT2D eigenvalue weighted by atomic mass is 32.2. The first-order chi connectivity index (χ1) is 7.34. The van der Waals surface area contributed by atoms with Crippen molar-refractivity contribution in [3.05, 3.63) is 12.3 Å². The van der Waals surface area contributed by atoms with Gasteiger partial charge in [0, 0.05) is 37.3 Å². The molecule has 2 N–H and O–H groups in total. The molecule has 1 aliphatic rings. The second kappa shape index (κ2) is 5.42. The third-order valence-corrected chi connectivity index (χ3v) is 3.57. The monoisotopic (exact) mass is 226 g/mol. The van der Waals surface area contributed by atoms with E-state index in [2.05, 4.69) is 21.8 Å². The third kappa shape index (κ3) is 3.43. The number of rotatable bonds is 4. The Hall–Kier alpha value is -0.680. The van der Waals surface area contributed by atoms with Crippen molar-refractivity contribution in [1.82, 2.24) is 14.7 Å². The van der Waals surface area contributed by atoms with Crippen LogP contribution in [0, 0.1) is 0 Å². The van der Waals surface area contributed by atoms with Crippen LogP contribution in [0.15, 0.2) is 12.3 Å². The van der Waals surface area contributed by atoms with Crippen molar-refractivity contribution in [3.63, 3.8) is 0 Å². The standard InChI is InChI=1S/C10H18N4S/c11-10-2-5-14(12-10)4-1-3-13-6-8-15-9-7-13/h2,5H,1,3-4,6-9H2,(H2,11,12). The number of anilines is 1. The smallest absolute Gasteiger partial charge is 0.145 e. The molecule has 0 aliphatic carbocycles. The SMILES string of the molecule is Nc1ccn(CCCN2CCSCC2)n1. The molecular formula is C10H18N4S. The minimum absolute atomic E-state index is 0.615. The maximum atomic E-state index is 5.55. The van der Waals surface area contributed by atoms with E-state index < -0.39 is 0 Å². The van der Waals surface area contributed by atoms with Gasteiger partial charge in [0.15, 0.2) is 0 Å². The van der Waals surface area contributed by atoms with Gasteiger partial charge in [0.1, 0.15) is 5.82 Å². The molecule has 1 aliphatic heterocycles. The van der Waals surface area contributed by atoms with Crippen LogP contribution < -0.4 is 5.73 Å². The highest BCUT2D eigenvalue weighted by molar-refractivity contribution is 7.99. The fourth-order valence-electron chi connectivity index (χ4n) is 1.78. The lowest BCUT2D eigenvalue weighted by atomic mass is 10.3. The lowest BCUT2D eigenvalue weighted by Crippen LogP contribution is -2.33. The van der Waals surface area contributed by atoms with E-state index in [1.165, 1.54) is 31.1 Å². The predicted octanol–water partition coefficient (Wildman–Crippen LogP) is 0.904. The molecule has 0 radical (unpaired) electrons. The van der Waals surface area contributed by atoms with E-state index in [9.17, 15) is 0 Å². The average Bonchev–Trinajstić information content (AvgIpc) is 2.66. The van der Waals surface area contributed by atoms with Gasteiger partial charge in [0.05, 0.1) is 0 Å².